The highest BCUT2D eigenvalue weighted by Gasteiger charge is 2.52. The molecule has 0 unspecified atom stereocenters. The summed E-state index contributed by atoms with van der Waals surface area (Å²) in [5, 5.41) is 9.76. The van der Waals surface area contributed by atoms with Crippen LogP contribution in [0.1, 0.15) is 31.2 Å². The molecule has 2 radical (unpaired) electrons. The van der Waals surface area contributed by atoms with Gasteiger partial charge < -0.3 is 14.7 Å². The fraction of sp³-hybridized carbons (Fsp3) is 0.529. The van der Waals surface area contributed by atoms with Crippen molar-refractivity contribution in [2.24, 2.45) is 0 Å². The maximum Gasteiger partial charge on any atom is 0.411 e. The molecule has 3 rings (SSSR count). The number of rotatable bonds is 2. The second-order valence-electron chi connectivity index (χ2n) is 6.45. The number of carbonyl (C=O) groups is 2. The van der Waals surface area contributed by atoms with E-state index in [0.29, 0.717) is 32.2 Å². The Kier molecular flexibility index (Phi) is 4.80. The van der Waals surface area contributed by atoms with E-state index in [9.17, 15) is 14.7 Å². The summed E-state index contributed by atoms with van der Waals surface area (Å²) in [6.07, 6.45) is 0.822. The molecule has 6 nitrogen and oxygen atoms in total. The molecule has 1 spiro atoms. The molecule has 0 atom stereocenters. The van der Waals surface area contributed by atoms with Crippen molar-refractivity contribution in [3.8, 4) is 0 Å². The van der Waals surface area contributed by atoms with Gasteiger partial charge in [0.2, 0.25) is 13.9 Å². The van der Waals surface area contributed by atoms with Gasteiger partial charge in [0.05, 0.1) is 6.10 Å². The Balaban J connectivity index is 1.74. The second-order valence-corrected chi connectivity index (χ2v) is 6.45. The van der Waals surface area contributed by atoms with Crippen LogP contribution in [0.5, 0.6) is 0 Å². The third kappa shape index (κ3) is 3.13. The van der Waals surface area contributed by atoms with Crippen LogP contribution in [0, 0.1) is 0 Å². The van der Waals surface area contributed by atoms with Gasteiger partial charge in [-0.1, -0.05) is 30.3 Å². The van der Waals surface area contributed by atoms with Gasteiger partial charge in [0.15, 0.2) is 0 Å². The quantitative estimate of drug-likeness (QED) is 0.829. The first-order chi connectivity index (χ1) is 11.5. The number of aliphatic hydroxyl groups is 1. The Morgan fingerprint density at radius 3 is 2.58 bits per heavy atom. The van der Waals surface area contributed by atoms with E-state index in [1.165, 1.54) is 9.71 Å². The summed E-state index contributed by atoms with van der Waals surface area (Å²) in [5.41, 5.74) is -0.0947. The summed E-state index contributed by atoms with van der Waals surface area (Å²) in [5.74, 6) is -0.266. The predicted octanol–water partition coefficient (Wildman–Crippen LogP) is 1.22. The van der Waals surface area contributed by atoms with Crippen molar-refractivity contribution >= 4 is 20.0 Å². The second kappa shape index (κ2) is 6.85. The number of ether oxygens (including phenoxy) is 1. The topological polar surface area (TPSA) is 70.1 Å². The third-order valence-corrected chi connectivity index (χ3v) is 4.95. The molecule has 1 aliphatic carbocycles. The van der Waals surface area contributed by atoms with Gasteiger partial charge in [-0.2, -0.15) is 0 Å². The largest absolute Gasteiger partial charge is 0.445 e. The monoisotopic (exact) mass is 328 g/mol. The molecular formula is C17H21BN2O4. The Labute approximate surface area is 142 Å². The van der Waals surface area contributed by atoms with Crippen molar-refractivity contribution < 1.29 is 19.4 Å². The van der Waals surface area contributed by atoms with Crippen molar-refractivity contribution in [3.63, 3.8) is 0 Å². The number of hydrogen-bond donors (Lipinski definition) is 1. The minimum atomic E-state index is -0.986. The van der Waals surface area contributed by atoms with Gasteiger partial charge >= 0.3 is 6.09 Å². The molecule has 126 valence electrons. The fourth-order valence-electron chi connectivity index (χ4n) is 3.53. The molecule has 7 heteroatoms. The van der Waals surface area contributed by atoms with Gasteiger partial charge in [-0.05, 0) is 31.2 Å². The van der Waals surface area contributed by atoms with E-state index in [1.807, 2.05) is 30.3 Å². The van der Waals surface area contributed by atoms with Crippen LogP contribution in [-0.4, -0.2) is 59.5 Å². The summed E-state index contributed by atoms with van der Waals surface area (Å²) in [6, 6.07) is 9.41. The highest BCUT2D eigenvalue weighted by atomic mass is 16.6. The van der Waals surface area contributed by atoms with Crippen LogP contribution >= 0.6 is 0 Å². The lowest BCUT2D eigenvalue weighted by Crippen LogP contribution is -2.68. The number of carbonyl (C=O) groups excluding carboxylic acids is 2. The summed E-state index contributed by atoms with van der Waals surface area (Å²) in [6.45, 7) is 0.783. The molecule has 1 aromatic carbocycles. The highest BCUT2D eigenvalue weighted by Crippen LogP contribution is 2.37. The molecule has 2 aliphatic rings. The van der Waals surface area contributed by atoms with E-state index in [4.69, 9.17) is 12.7 Å². The molecule has 1 saturated carbocycles. The summed E-state index contributed by atoms with van der Waals surface area (Å²) < 4.78 is 5.42. The Morgan fingerprint density at radius 2 is 1.92 bits per heavy atom. The summed E-state index contributed by atoms with van der Waals surface area (Å²) >= 11 is 0. The fourth-order valence-corrected chi connectivity index (χ4v) is 3.53. The van der Waals surface area contributed by atoms with Gasteiger partial charge in [0, 0.05) is 13.1 Å². The lowest BCUT2D eigenvalue weighted by molar-refractivity contribution is -0.148. The van der Waals surface area contributed by atoms with Crippen LogP contribution in [-0.2, 0) is 16.1 Å². The molecular weight excluding hydrogens is 307 g/mol. The molecule has 1 aliphatic heterocycles. The van der Waals surface area contributed by atoms with Crippen LogP contribution in [0.4, 0.5) is 4.79 Å². The van der Waals surface area contributed by atoms with E-state index in [1.54, 1.807) is 0 Å². The van der Waals surface area contributed by atoms with Crippen molar-refractivity contribution in [1.82, 2.24) is 9.71 Å². The zero-order valence-electron chi connectivity index (χ0n) is 13.6. The van der Waals surface area contributed by atoms with Crippen molar-refractivity contribution in [1.29, 1.82) is 0 Å². The van der Waals surface area contributed by atoms with Gasteiger partial charge in [-0.3, -0.25) is 9.69 Å². The summed E-state index contributed by atoms with van der Waals surface area (Å²) in [4.78, 5) is 28.0. The van der Waals surface area contributed by atoms with Crippen molar-refractivity contribution in [2.75, 3.05) is 13.1 Å². The molecule has 24 heavy (non-hydrogen) atoms. The number of hydrogen-bond acceptors (Lipinski definition) is 4. The van der Waals surface area contributed by atoms with Crippen LogP contribution in [0.2, 0.25) is 0 Å². The van der Waals surface area contributed by atoms with E-state index in [2.05, 4.69) is 0 Å². The van der Waals surface area contributed by atoms with E-state index < -0.39 is 17.7 Å². The molecule has 1 N–H and O–H groups in total. The van der Waals surface area contributed by atoms with Crippen molar-refractivity contribution in [2.45, 2.75) is 43.9 Å². The Morgan fingerprint density at radius 1 is 1.25 bits per heavy atom. The maximum atomic E-state index is 12.7. The molecule has 1 aromatic rings. The molecule has 1 saturated heterocycles. The third-order valence-electron chi connectivity index (χ3n) is 4.95. The van der Waals surface area contributed by atoms with E-state index in [-0.39, 0.29) is 19.1 Å². The lowest BCUT2D eigenvalue weighted by Gasteiger charge is -2.50. The molecule has 1 heterocycles. The first-order valence-corrected chi connectivity index (χ1v) is 8.26. The summed E-state index contributed by atoms with van der Waals surface area (Å²) in [7, 11) is 5.79. The molecule has 0 aromatic heterocycles. The van der Waals surface area contributed by atoms with Crippen LogP contribution < -0.4 is 0 Å². The zero-order chi connectivity index (χ0) is 17.2. The smallest absolute Gasteiger partial charge is 0.411 e. The highest BCUT2D eigenvalue weighted by molar-refractivity contribution is 6.16. The number of benzene rings is 1. The van der Waals surface area contributed by atoms with Gasteiger partial charge in [-0.25, -0.2) is 4.79 Å². The van der Waals surface area contributed by atoms with Crippen LogP contribution in [0.15, 0.2) is 30.3 Å². The Bertz CT molecular complexity index is 602. The number of amides is 2. The first-order valence-electron chi connectivity index (χ1n) is 8.26. The number of piperazine rings is 1. The normalized spacial score (nSPS) is 27.4. The average molecular weight is 328 g/mol. The number of nitrogens with zero attached hydrogens (tertiary/aromatic N) is 2. The zero-order valence-corrected chi connectivity index (χ0v) is 13.6. The van der Waals surface area contributed by atoms with Gasteiger partial charge in [0.25, 0.3) is 0 Å². The maximum absolute atomic E-state index is 12.7. The Hall–Kier alpha value is -2.02. The minimum absolute atomic E-state index is 0.162. The molecule has 0 bridgehead atoms. The SMILES string of the molecule is [B]N1CCN(C(=O)OCc2ccccc2)C2(CCC(O)CC2)C1=O. The molecule has 2 amide bonds. The van der Waals surface area contributed by atoms with Crippen molar-refractivity contribution in [3.05, 3.63) is 35.9 Å². The minimum Gasteiger partial charge on any atom is -0.445 e. The van der Waals surface area contributed by atoms with Gasteiger partial charge in [-0.15, -0.1) is 0 Å². The average Bonchev–Trinajstić information content (AvgIpc) is 2.61. The van der Waals surface area contributed by atoms with Crippen LogP contribution in [0.3, 0.4) is 0 Å². The number of aliphatic hydroxyl groups excluding tert-OH is 1. The first kappa shape index (κ1) is 16.8. The lowest BCUT2D eigenvalue weighted by atomic mass is 9.76. The van der Waals surface area contributed by atoms with Gasteiger partial charge in [0.1, 0.15) is 12.1 Å². The predicted molar refractivity (Wildman–Crippen MR) is 88.0 cm³/mol. The standard InChI is InChI=1S/C17H21BN2O4/c18-20-11-10-19(16(23)24-12-13-4-2-1-3-5-13)17(15(20)22)8-6-14(21)7-9-17/h1-5,14,21H,6-12H2. The van der Waals surface area contributed by atoms with E-state index in [0.717, 1.165) is 5.56 Å². The van der Waals surface area contributed by atoms with Crippen LogP contribution in [0.25, 0.3) is 0 Å². The molecule has 2 fully saturated rings. The van der Waals surface area contributed by atoms with E-state index >= 15 is 0 Å².